The topological polar surface area (TPSA) is 71.1 Å². The zero-order chi connectivity index (χ0) is 23.3. The van der Waals surface area contributed by atoms with Crippen LogP contribution >= 0.6 is 0 Å². The summed E-state index contributed by atoms with van der Waals surface area (Å²) in [4.78, 5) is 14.9. The number of nitro groups is 1. The minimum atomic E-state index is -0.419. The van der Waals surface area contributed by atoms with Crippen LogP contribution in [0.3, 0.4) is 0 Å². The van der Waals surface area contributed by atoms with Crippen LogP contribution in [0.2, 0.25) is 0 Å². The molecule has 34 heavy (non-hydrogen) atoms. The minimum absolute atomic E-state index is 0.0260. The van der Waals surface area contributed by atoms with Crippen LogP contribution < -0.4 is 5.01 Å². The first kappa shape index (κ1) is 21.3. The van der Waals surface area contributed by atoms with Crippen LogP contribution in [0.25, 0.3) is 0 Å². The molecule has 1 atom stereocenters. The molecule has 0 aliphatic carbocycles. The molecule has 0 saturated heterocycles. The van der Waals surface area contributed by atoms with Gasteiger partial charge in [0.1, 0.15) is 0 Å². The number of non-ortho nitro benzene ring substituents is 1. The Labute approximate surface area is 197 Å². The monoisotopic (exact) mass is 446 g/mol. The van der Waals surface area contributed by atoms with Crippen molar-refractivity contribution in [2.45, 2.75) is 12.5 Å². The summed E-state index contributed by atoms with van der Waals surface area (Å²) >= 11 is 0. The van der Waals surface area contributed by atoms with Crippen molar-refractivity contribution >= 4 is 29.0 Å². The quantitative estimate of drug-likeness (QED) is 0.188. The molecule has 0 amide bonds. The molecule has 0 spiro atoms. The van der Waals surface area contributed by atoms with Crippen LogP contribution in [-0.4, -0.2) is 16.8 Å². The van der Waals surface area contributed by atoms with Gasteiger partial charge in [-0.05, 0) is 34.9 Å². The molecule has 0 bridgehead atoms. The maximum atomic E-state index is 11.0. The van der Waals surface area contributed by atoms with Crippen molar-refractivity contribution in [1.29, 1.82) is 0 Å². The summed E-state index contributed by atoms with van der Waals surface area (Å²) in [5, 5.41) is 18.0. The van der Waals surface area contributed by atoms with Crippen molar-refractivity contribution < 1.29 is 4.92 Å². The molecule has 0 aromatic heterocycles. The Hall–Kier alpha value is -4.58. The van der Waals surface area contributed by atoms with Crippen LogP contribution in [0, 0.1) is 10.1 Å². The second-order valence-electron chi connectivity index (χ2n) is 8.01. The first-order chi connectivity index (χ1) is 16.7. The largest absolute Gasteiger partial charge is 0.271 e. The number of hydrogen-bond donors (Lipinski definition) is 0. The molecular formula is C28H22N4O2. The molecular weight excluding hydrogens is 424 g/mol. The van der Waals surface area contributed by atoms with E-state index < -0.39 is 4.92 Å². The predicted octanol–water partition coefficient (Wildman–Crippen LogP) is 6.70. The van der Waals surface area contributed by atoms with Crippen molar-refractivity contribution in [1.82, 2.24) is 0 Å². The van der Waals surface area contributed by atoms with Crippen molar-refractivity contribution in [3.8, 4) is 0 Å². The highest BCUT2D eigenvalue weighted by atomic mass is 16.6. The summed E-state index contributed by atoms with van der Waals surface area (Å²) in [5.74, 6) is 0. The normalized spacial score (nSPS) is 15.5. The first-order valence-electron chi connectivity index (χ1n) is 11.0. The van der Waals surface area contributed by atoms with Crippen molar-refractivity contribution in [2.24, 2.45) is 10.1 Å². The number of aliphatic imine (C=N–C) groups is 1. The molecule has 6 heteroatoms. The fourth-order valence-corrected chi connectivity index (χ4v) is 4.04. The second-order valence-corrected chi connectivity index (χ2v) is 8.01. The predicted molar refractivity (Wildman–Crippen MR) is 136 cm³/mol. The maximum Gasteiger partial charge on any atom is 0.271 e. The van der Waals surface area contributed by atoms with Crippen LogP contribution in [0.15, 0.2) is 119 Å². The fraction of sp³-hybridized carbons (Fsp3) is 0.0714. The molecule has 1 aliphatic heterocycles. The van der Waals surface area contributed by atoms with Crippen molar-refractivity contribution in [2.75, 3.05) is 5.01 Å². The lowest BCUT2D eigenvalue weighted by Crippen LogP contribution is -2.18. The number of hydrogen-bond acceptors (Lipinski definition) is 5. The number of nitro benzene ring substituents is 1. The van der Waals surface area contributed by atoms with Crippen molar-refractivity contribution in [3.05, 3.63) is 136 Å². The molecule has 0 fully saturated rings. The third kappa shape index (κ3) is 4.61. The van der Waals surface area contributed by atoms with Crippen LogP contribution in [-0.2, 0) is 0 Å². The Morgan fingerprint density at radius 2 is 1.59 bits per heavy atom. The van der Waals surface area contributed by atoms with Gasteiger partial charge in [0, 0.05) is 24.8 Å². The summed E-state index contributed by atoms with van der Waals surface area (Å²) in [6.45, 7) is 0. The lowest BCUT2D eigenvalue weighted by atomic mass is 9.98. The Balaban J connectivity index is 1.41. The first-order valence-corrected chi connectivity index (χ1v) is 11.0. The van der Waals surface area contributed by atoms with E-state index >= 15 is 0 Å². The van der Waals surface area contributed by atoms with E-state index in [2.05, 4.69) is 46.4 Å². The van der Waals surface area contributed by atoms with E-state index in [1.165, 1.54) is 17.7 Å². The number of rotatable bonds is 6. The average Bonchev–Trinajstić information content (AvgIpc) is 3.35. The minimum Gasteiger partial charge on any atom is -0.258 e. The summed E-state index contributed by atoms with van der Waals surface area (Å²) in [6.07, 6.45) is 2.53. The van der Waals surface area contributed by atoms with E-state index in [0.29, 0.717) is 5.69 Å². The highest BCUT2D eigenvalue weighted by Gasteiger charge is 2.29. The molecule has 0 radical (unpaired) electrons. The summed E-state index contributed by atoms with van der Waals surface area (Å²) in [6, 6.07) is 35.1. The number of anilines is 1. The van der Waals surface area contributed by atoms with Gasteiger partial charge in [-0.3, -0.25) is 20.1 Å². The van der Waals surface area contributed by atoms with Gasteiger partial charge in [-0.15, -0.1) is 0 Å². The lowest BCUT2D eigenvalue weighted by molar-refractivity contribution is -0.384. The van der Waals surface area contributed by atoms with Gasteiger partial charge in [0.15, 0.2) is 0 Å². The molecule has 0 N–H and O–H groups in total. The van der Waals surface area contributed by atoms with Gasteiger partial charge in [0.05, 0.1) is 28.1 Å². The molecule has 6 nitrogen and oxygen atoms in total. The molecule has 0 unspecified atom stereocenters. The van der Waals surface area contributed by atoms with E-state index in [0.717, 1.165) is 28.9 Å². The summed E-state index contributed by atoms with van der Waals surface area (Å²) in [5.41, 5.74) is 5.87. The summed E-state index contributed by atoms with van der Waals surface area (Å²) < 4.78 is 0. The van der Waals surface area contributed by atoms with Crippen LogP contribution in [0.1, 0.15) is 29.2 Å². The zero-order valence-electron chi connectivity index (χ0n) is 18.4. The lowest BCUT2D eigenvalue weighted by Gasteiger charge is -2.24. The number of nitrogens with zero attached hydrogens (tertiary/aromatic N) is 4. The molecule has 0 saturated carbocycles. The van der Waals surface area contributed by atoms with Gasteiger partial charge in [0.2, 0.25) is 0 Å². The molecule has 4 aromatic carbocycles. The molecule has 5 rings (SSSR count). The standard InChI is InChI=1S/C28H22N4O2/c33-32(34)26-13-7-12-24(18-26)29-20-21-14-16-25(17-15-21)31-28(23-10-5-2-6-11-23)19-27(30-31)22-8-3-1-4-9-22/h1-18,20,28H,19H2/t28-/m1/s1. The van der Waals surface area contributed by atoms with Crippen LogP contribution in [0.4, 0.5) is 17.1 Å². The van der Waals surface area contributed by atoms with Gasteiger partial charge in [0.25, 0.3) is 5.69 Å². The Bertz CT molecular complexity index is 1350. The SMILES string of the molecule is O=[N+]([O-])c1cccc(N=Cc2ccc(N3N=C(c4ccccc4)C[C@@H]3c3ccccc3)cc2)c1. The molecule has 166 valence electrons. The van der Waals surface area contributed by atoms with E-state index in [1.807, 2.05) is 48.5 Å². The summed E-state index contributed by atoms with van der Waals surface area (Å²) in [7, 11) is 0. The highest BCUT2D eigenvalue weighted by Crippen LogP contribution is 2.36. The van der Waals surface area contributed by atoms with Gasteiger partial charge in [-0.2, -0.15) is 5.10 Å². The van der Waals surface area contributed by atoms with Gasteiger partial charge >= 0.3 is 0 Å². The highest BCUT2D eigenvalue weighted by molar-refractivity contribution is 6.03. The van der Waals surface area contributed by atoms with E-state index in [4.69, 9.17) is 5.10 Å². The van der Waals surface area contributed by atoms with E-state index in [9.17, 15) is 10.1 Å². The van der Waals surface area contributed by atoms with Gasteiger partial charge < -0.3 is 0 Å². The third-order valence-corrected chi connectivity index (χ3v) is 5.76. The Kier molecular flexibility index (Phi) is 5.95. The van der Waals surface area contributed by atoms with E-state index in [-0.39, 0.29) is 11.7 Å². The Morgan fingerprint density at radius 1 is 0.882 bits per heavy atom. The number of benzene rings is 4. The smallest absolute Gasteiger partial charge is 0.258 e. The molecule has 1 aliphatic rings. The van der Waals surface area contributed by atoms with Gasteiger partial charge in [-0.1, -0.05) is 78.9 Å². The zero-order valence-corrected chi connectivity index (χ0v) is 18.4. The average molecular weight is 447 g/mol. The second kappa shape index (κ2) is 9.50. The van der Waals surface area contributed by atoms with Gasteiger partial charge in [-0.25, -0.2) is 0 Å². The van der Waals surface area contributed by atoms with Crippen LogP contribution in [0.5, 0.6) is 0 Å². The Morgan fingerprint density at radius 3 is 2.29 bits per heavy atom. The molecule has 4 aromatic rings. The number of hydrazone groups is 1. The molecule has 1 heterocycles. The third-order valence-electron chi connectivity index (χ3n) is 5.76. The van der Waals surface area contributed by atoms with E-state index in [1.54, 1.807) is 18.3 Å². The maximum absolute atomic E-state index is 11.0. The van der Waals surface area contributed by atoms with Crippen molar-refractivity contribution in [3.63, 3.8) is 0 Å². The fourth-order valence-electron chi connectivity index (χ4n) is 4.04.